The van der Waals surface area contributed by atoms with Gasteiger partial charge in [0.15, 0.2) is 0 Å². The van der Waals surface area contributed by atoms with E-state index < -0.39 is 0 Å². The van der Waals surface area contributed by atoms with E-state index in [1.165, 1.54) is 16.7 Å². The summed E-state index contributed by atoms with van der Waals surface area (Å²) in [4.78, 5) is 30.4. The Labute approximate surface area is 215 Å². The second-order valence-corrected chi connectivity index (χ2v) is 9.88. The SMILES string of the molecule is C=Cc1c(CC(C)(C)CCC=O)c(-c2cncnc2)n(CC)c1/C=C\Cc1cccc(CCC=O)c1. The highest BCUT2D eigenvalue weighted by Gasteiger charge is 2.27. The average Bonchev–Trinajstić information content (AvgIpc) is 3.18. The molecule has 0 atom stereocenters. The van der Waals surface area contributed by atoms with E-state index in [2.05, 4.69) is 78.3 Å². The van der Waals surface area contributed by atoms with Crippen molar-refractivity contribution >= 4 is 24.7 Å². The van der Waals surface area contributed by atoms with Gasteiger partial charge < -0.3 is 14.2 Å². The minimum absolute atomic E-state index is 0.0497. The molecule has 188 valence electrons. The molecule has 0 unspecified atom stereocenters. The van der Waals surface area contributed by atoms with Crippen molar-refractivity contribution in [3.63, 3.8) is 0 Å². The predicted octanol–water partition coefficient (Wildman–Crippen LogP) is 6.54. The van der Waals surface area contributed by atoms with Crippen LogP contribution in [0.1, 0.15) is 68.0 Å². The van der Waals surface area contributed by atoms with Gasteiger partial charge in [-0.1, -0.05) is 56.8 Å². The fourth-order valence-electron chi connectivity index (χ4n) is 4.84. The number of benzene rings is 1. The maximum Gasteiger partial charge on any atom is 0.120 e. The number of nitrogens with zero attached hydrogens (tertiary/aromatic N) is 3. The van der Waals surface area contributed by atoms with Gasteiger partial charge in [0.2, 0.25) is 0 Å². The smallest absolute Gasteiger partial charge is 0.120 e. The summed E-state index contributed by atoms with van der Waals surface area (Å²) in [6.45, 7) is 11.5. The number of hydrogen-bond donors (Lipinski definition) is 0. The summed E-state index contributed by atoms with van der Waals surface area (Å²) in [5.41, 5.74) is 7.89. The molecule has 0 saturated carbocycles. The van der Waals surface area contributed by atoms with Crippen molar-refractivity contribution in [1.82, 2.24) is 14.5 Å². The maximum atomic E-state index is 11.1. The molecule has 0 saturated heterocycles. The lowest BCUT2D eigenvalue weighted by molar-refractivity contribution is -0.108. The van der Waals surface area contributed by atoms with Crippen molar-refractivity contribution in [1.29, 1.82) is 0 Å². The van der Waals surface area contributed by atoms with Crippen molar-refractivity contribution in [3.8, 4) is 11.3 Å². The topological polar surface area (TPSA) is 64.8 Å². The van der Waals surface area contributed by atoms with E-state index in [0.717, 1.165) is 67.3 Å². The minimum atomic E-state index is -0.0497. The van der Waals surface area contributed by atoms with Crippen LogP contribution in [0.2, 0.25) is 0 Å². The monoisotopic (exact) mass is 483 g/mol. The van der Waals surface area contributed by atoms with Crippen LogP contribution in [0.3, 0.4) is 0 Å². The van der Waals surface area contributed by atoms with Crippen LogP contribution in [-0.4, -0.2) is 27.1 Å². The molecule has 0 bridgehead atoms. The molecule has 5 heteroatoms. The fraction of sp³-hybridized carbons (Fsp3) is 0.355. The first-order chi connectivity index (χ1) is 17.4. The Bertz CT molecular complexity index is 1210. The van der Waals surface area contributed by atoms with Gasteiger partial charge in [-0.15, -0.1) is 0 Å². The molecule has 0 radical (unpaired) electrons. The van der Waals surface area contributed by atoms with Crippen LogP contribution in [0.5, 0.6) is 0 Å². The van der Waals surface area contributed by atoms with Gasteiger partial charge in [0.1, 0.15) is 18.9 Å². The number of aromatic nitrogens is 3. The summed E-state index contributed by atoms with van der Waals surface area (Å²) in [5.74, 6) is 0. The van der Waals surface area contributed by atoms with E-state index >= 15 is 0 Å². The molecule has 3 aromatic rings. The molecule has 36 heavy (non-hydrogen) atoms. The summed E-state index contributed by atoms with van der Waals surface area (Å²) in [6, 6.07) is 8.42. The standard InChI is InChI=1S/C31H37N3O2/c1-5-27-28(20-31(3,4)16-10-18-36)30(26-21-32-23-33-22-26)34(6-2)29(27)15-8-13-24-11-7-12-25(19-24)14-9-17-35/h5,7-8,11-12,15,17-19,21-23H,1,6,9-10,13-14,16,20H2,2-4H3/b15-8-. The molecule has 0 aliphatic heterocycles. The molecule has 0 N–H and O–H groups in total. The van der Waals surface area contributed by atoms with Crippen LogP contribution < -0.4 is 0 Å². The van der Waals surface area contributed by atoms with Crippen LogP contribution in [-0.2, 0) is 35.4 Å². The molecule has 2 aromatic heterocycles. The van der Waals surface area contributed by atoms with Crippen molar-refractivity contribution < 1.29 is 9.59 Å². The van der Waals surface area contributed by atoms with Crippen LogP contribution in [0.15, 0.2) is 55.6 Å². The Morgan fingerprint density at radius 2 is 1.78 bits per heavy atom. The van der Waals surface area contributed by atoms with Gasteiger partial charge in [0.05, 0.1) is 5.69 Å². The van der Waals surface area contributed by atoms with Gasteiger partial charge in [-0.05, 0) is 60.8 Å². The first-order valence-corrected chi connectivity index (χ1v) is 12.7. The Balaban J connectivity index is 2.03. The molecule has 0 fully saturated rings. The van der Waals surface area contributed by atoms with Crippen molar-refractivity contribution in [2.45, 2.75) is 65.8 Å². The molecule has 0 aliphatic rings. The second-order valence-electron chi connectivity index (χ2n) is 9.88. The number of rotatable bonds is 14. The summed E-state index contributed by atoms with van der Waals surface area (Å²) < 4.78 is 2.32. The average molecular weight is 484 g/mol. The Kier molecular flexibility index (Phi) is 9.69. The summed E-state index contributed by atoms with van der Waals surface area (Å²) in [5, 5.41) is 0. The Morgan fingerprint density at radius 3 is 2.44 bits per heavy atom. The molecule has 0 spiro atoms. The van der Waals surface area contributed by atoms with E-state index in [1.807, 2.05) is 18.5 Å². The number of allylic oxidation sites excluding steroid dienone is 1. The lowest BCUT2D eigenvalue weighted by Gasteiger charge is -2.25. The quantitative estimate of drug-likeness (QED) is 0.244. The van der Waals surface area contributed by atoms with Crippen molar-refractivity contribution in [2.24, 2.45) is 5.41 Å². The van der Waals surface area contributed by atoms with Crippen LogP contribution in [0, 0.1) is 5.41 Å². The zero-order valence-electron chi connectivity index (χ0n) is 21.7. The molecule has 1 aromatic carbocycles. The summed E-state index contributed by atoms with van der Waals surface area (Å²) in [6.07, 6.45) is 17.9. The minimum Gasteiger partial charge on any atom is -0.340 e. The number of aryl methyl sites for hydroxylation is 1. The van der Waals surface area contributed by atoms with Crippen LogP contribution in [0.4, 0.5) is 0 Å². The number of carbonyl (C=O) groups excluding carboxylic acids is 2. The first kappa shape index (κ1) is 27.0. The van der Waals surface area contributed by atoms with Crippen LogP contribution >= 0.6 is 0 Å². The fourth-order valence-corrected chi connectivity index (χ4v) is 4.84. The highest BCUT2D eigenvalue weighted by Crippen LogP contribution is 2.38. The Morgan fingerprint density at radius 1 is 1.06 bits per heavy atom. The summed E-state index contributed by atoms with van der Waals surface area (Å²) in [7, 11) is 0. The van der Waals surface area contributed by atoms with Crippen molar-refractivity contribution in [3.05, 3.63) is 83.6 Å². The Hall–Kier alpha value is -3.60. The molecule has 5 nitrogen and oxygen atoms in total. The number of aldehydes is 2. The van der Waals surface area contributed by atoms with E-state index in [1.54, 1.807) is 6.33 Å². The van der Waals surface area contributed by atoms with E-state index in [9.17, 15) is 9.59 Å². The first-order valence-electron chi connectivity index (χ1n) is 12.7. The third-order valence-electron chi connectivity index (χ3n) is 6.57. The highest BCUT2D eigenvalue weighted by molar-refractivity contribution is 5.77. The van der Waals surface area contributed by atoms with Crippen LogP contribution in [0.25, 0.3) is 23.4 Å². The van der Waals surface area contributed by atoms with Gasteiger partial charge in [0.25, 0.3) is 0 Å². The third-order valence-corrected chi connectivity index (χ3v) is 6.57. The summed E-state index contributed by atoms with van der Waals surface area (Å²) >= 11 is 0. The largest absolute Gasteiger partial charge is 0.340 e. The van der Waals surface area contributed by atoms with Gasteiger partial charge in [-0.25, -0.2) is 9.97 Å². The molecule has 3 rings (SSSR count). The molecular weight excluding hydrogens is 446 g/mol. The molecule has 2 heterocycles. The van der Waals surface area contributed by atoms with Gasteiger partial charge in [-0.2, -0.15) is 0 Å². The number of hydrogen-bond acceptors (Lipinski definition) is 4. The predicted molar refractivity (Wildman–Crippen MR) is 148 cm³/mol. The van der Waals surface area contributed by atoms with Gasteiger partial charge in [0, 0.05) is 48.6 Å². The molecular formula is C31H37N3O2. The van der Waals surface area contributed by atoms with Gasteiger partial charge in [-0.3, -0.25) is 0 Å². The van der Waals surface area contributed by atoms with Crippen molar-refractivity contribution in [2.75, 3.05) is 0 Å². The zero-order chi connectivity index (χ0) is 26.0. The molecule has 0 aliphatic carbocycles. The lowest BCUT2D eigenvalue weighted by atomic mass is 9.80. The number of carbonyl (C=O) groups is 2. The second kappa shape index (κ2) is 12.9. The highest BCUT2D eigenvalue weighted by atomic mass is 16.1. The van der Waals surface area contributed by atoms with Gasteiger partial charge >= 0.3 is 0 Å². The maximum absolute atomic E-state index is 11.1. The third kappa shape index (κ3) is 6.75. The zero-order valence-corrected chi connectivity index (χ0v) is 21.7. The van der Waals surface area contributed by atoms with E-state index in [-0.39, 0.29) is 5.41 Å². The normalized spacial score (nSPS) is 11.6. The molecule has 0 amide bonds. The van der Waals surface area contributed by atoms with E-state index in [0.29, 0.717) is 12.8 Å². The lowest BCUT2D eigenvalue weighted by Crippen LogP contribution is -2.16. The van der Waals surface area contributed by atoms with E-state index in [4.69, 9.17) is 0 Å².